The van der Waals surface area contributed by atoms with Gasteiger partial charge in [0.25, 0.3) is 12.1 Å². The van der Waals surface area contributed by atoms with Crippen LogP contribution in [0.15, 0.2) is 42.5 Å². The maximum Gasteiger partial charge on any atom is 0.439 e. The second-order valence-corrected chi connectivity index (χ2v) is 5.62. The molecule has 5 nitrogen and oxygen atoms in total. The average molecular weight is 423 g/mol. The van der Waals surface area contributed by atoms with E-state index >= 15 is 0 Å². The number of alkyl halides is 6. The molecule has 0 radical (unpaired) electrons. The van der Waals surface area contributed by atoms with Gasteiger partial charge >= 0.3 is 12.3 Å². The molecule has 0 heterocycles. The Hall–Kier alpha value is -3.11. The van der Waals surface area contributed by atoms with Crippen molar-refractivity contribution in [3.8, 4) is 17.2 Å². The number of anilines is 1. The molecule has 0 aliphatic heterocycles. The van der Waals surface area contributed by atoms with E-state index in [1.54, 1.807) is 0 Å². The van der Waals surface area contributed by atoms with E-state index in [2.05, 4.69) is 10.1 Å². The van der Waals surface area contributed by atoms with Crippen LogP contribution in [0.3, 0.4) is 0 Å². The maximum atomic E-state index is 13.3. The van der Waals surface area contributed by atoms with E-state index in [0.717, 1.165) is 24.3 Å². The Balaban J connectivity index is 2.08. The van der Waals surface area contributed by atoms with Crippen molar-refractivity contribution in [1.29, 1.82) is 0 Å². The van der Waals surface area contributed by atoms with E-state index in [1.165, 1.54) is 32.4 Å². The SMILES string of the molecule is COc1ccc(C(=O)Nc2ccc(OC(F)(F)C(F)C(F)(F)F)cc2)cc1OC. The third kappa shape index (κ3) is 5.46. The van der Waals surface area contributed by atoms with Crippen molar-refractivity contribution < 1.29 is 45.3 Å². The van der Waals surface area contributed by atoms with Crippen LogP contribution in [0, 0.1) is 0 Å². The highest BCUT2D eigenvalue weighted by Gasteiger charge is 2.59. The first-order chi connectivity index (χ1) is 13.5. The molecule has 2 rings (SSSR count). The number of hydrogen-bond donors (Lipinski definition) is 1. The van der Waals surface area contributed by atoms with Crippen molar-refractivity contribution >= 4 is 11.6 Å². The fourth-order valence-corrected chi connectivity index (χ4v) is 2.19. The number of hydrogen-bond acceptors (Lipinski definition) is 4. The lowest BCUT2D eigenvalue weighted by Gasteiger charge is -2.23. The van der Waals surface area contributed by atoms with Gasteiger partial charge in [0, 0.05) is 11.3 Å². The Morgan fingerprint density at radius 1 is 0.931 bits per heavy atom. The smallest absolute Gasteiger partial charge is 0.439 e. The Morgan fingerprint density at radius 2 is 1.52 bits per heavy atom. The van der Waals surface area contributed by atoms with Crippen molar-refractivity contribution in [3.63, 3.8) is 0 Å². The maximum absolute atomic E-state index is 13.3. The minimum Gasteiger partial charge on any atom is -0.493 e. The lowest BCUT2D eigenvalue weighted by Crippen LogP contribution is -2.45. The molecule has 0 aliphatic carbocycles. The van der Waals surface area contributed by atoms with E-state index in [0.29, 0.717) is 11.5 Å². The van der Waals surface area contributed by atoms with Crippen LogP contribution in [-0.2, 0) is 0 Å². The Bertz CT molecular complexity index is 854. The second-order valence-electron chi connectivity index (χ2n) is 5.62. The summed E-state index contributed by atoms with van der Waals surface area (Å²) < 4.78 is 89.7. The van der Waals surface area contributed by atoms with Gasteiger partial charge in [-0.05, 0) is 42.5 Å². The number of methoxy groups -OCH3 is 2. The fourth-order valence-electron chi connectivity index (χ4n) is 2.19. The Morgan fingerprint density at radius 3 is 2.03 bits per heavy atom. The summed E-state index contributed by atoms with van der Waals surface area (Å²) in [6, 6.07) is 8.29. The lowest BCUT2D eigenvalue weighted by atomic mass is 10.2. The topological polar surface area (TPSA) is 56.8 Å². The largest absolute Gasteiger partial charge is 0.493 e. The van der Waals surface area contributed by atoms with Crippen LogP contribution in [0.4, 0.5) is 32.0 Å². The van der Waals surface area contributed by atoms with Gasteiger partial charge in [-0.25, -0.2) is 4.39 Å². The summed E-state index contributed by atoms with van der Waals surface area (Å²) in [4.78, 5) is 12.3. The van der Waals surface area contributed by atoms with E-state index in [-0.39, 0.29) is 11.3 Å². The number of rotatable bonds is 7. The molecule has 158 valence electrons. The Labute approximate surface area is 161 Å². The quantitative estimate of drug-likeness (QED) is 0.649. The molecule has 0 aliphatic rings. The normalized spacial score (nSPS) is 12.8. The first-order valence-corrected chi connectivity index (χ1v) is 7.89. The first-order valence-electron chi connectivity index (χ1n) is 7.89. The third-order valence-electron chi connectivity index (χ3n) is 3.59. The molecule has 1 atom stereocenters. The van der Waals surface area contributed by atoms with Gasteiger partial charge in [0.15, 0.2) is 11.5 Å². The number of benzene rings is 2. The van der Waals surface area contributed by atoms with Gasteiger partial charge in [-0.1, -0.05) is 0 Å². The molecule has 0 spiro atoms. The highest BCUT2D eigenvalue weighted by Crippen LogP contribution is 2.36. The van der Waals surface area contributed by atoms with Crippen molar-refractivity contribution in [2.75, 3.05) is 19.5 Å². The van der Waals surface area contributed by atoms with E-state index in [1.807, 2.05) is 0 Å². The molecule has 1 unspecified atom stereocenters. The fraction of sp³-hybridized carbons (Fsp3) is 0.278. The molecule has 0 saturated heterocycles. The molecular formula is C18H15F6NO4. The summed E-state index contributed by atoms with van der Waals surface area (Å²) in [5.41, 5.74) is 0.327. The summed E-state index contributed by atoms with van der Waals surface area (Å²) in [5.74, 6) is -0.593. The lowest BCUT2D eigenvalue weighted by molar-refractivity contribution is -0.304. The van der Waals surface area contributed by atoms with Crippen molar-refractivity contribution in [2.45, 2.75) is 18.5 Å². The number of halogens is 6. The van der Waals surface area contributed by atoms with Crippen LogP contribution in [0.25, 0.3) is 0 Å². The minimum absolute atomic E-state index is 0.132. The average Bonchev–Trinajstić information content (AvgIpc) is 2.67. The summed E-state index contributed by atoms with van der Waals surface area (Å²) in [6.45, 7) is 0. The molecule has 11 heteroatoms. The van der Waals surface area contributed by atoms with Gasteiger partial charge in [-0.3, -0.25) is 4.79 Å². The van der Waals surface area contributed by atoms with Gasteiger partial charge in [-0.15, -0.1) is 0 Å². The van der Waals surface area contributed by atoms with Crippen molar-refractivity contribution in [2.24, 2.45) is 0 Å². The molecule has 29 heavy (non-hydrogen) atoms. The van der Waals surface area contributed by atoms with Crippen LogP contribution in [0.1, 0.15) is 10.4 Å². The van der Waals surface area contributed by atoms with Gasteiger partial charge in [0.2, 0.25) is 0 Å². The van der Waals surface area contributed by atoms with Crippen molar-refractivity contribution in [3.05, 3.63) is 48.0 Å². The zero-order valence-corrected chi connectivity index (χ0v) is 15.0. The number of amides is 1. The van der Waals surface area contributed by atoms with Gasteiger partial charge in [-0.2, -0.15) is 22.0 Å². The van der Waals surface area contributed by atoms with Crippen molar-refractivity contribution in [1.82, 2.24) is 0 Å². The third-order valence-corrected chi connectivity index (χ3v) is 3.59. The van der Waals surface area contributed by atoms with Gasteiger partial charge in [0.1, 0.15) is 5.75 Å². The standard InChI is InChI=1S/C18H15F6NO4/c1-27-13-8-3-10(9-14(13)28-2)15(26)25-11-4-6-12(7-5-11)29-18(23,24)16(19)17(20,21)22/h3-9,16H,1-2H3,(H,25,26). The summed E-state index contributed by atoms with van der Waals surface area (Å²) >= 11 is 0. The predicted octanol–water partition coefficient (Wildman–Crippen LogP) is 4.83. The molecule has 1 N–H and O–H groups in total. The Kier molecular flexibility index (Phi) is 6.50. The van der Waals surface area contributed by atoms with Crippen LogP contribution in [-0.4, -0.2) is 38.6 Å². The van der Waals surface area contributed by atoms with E-state index in [4.69, 9.17) is 9.47 Å². The molecule has 0 aromatic heterocycles. The highest BCUT2D eigenvalue weighted by atomic mass is 19.4. The summed E-state index contributed by atoms with van der Waals surface area (Å²) in [6.07, 6.45) is -15.4. The monoisotopic (exact) mass is 423 g/mol. The van der Waals surface area contributed by atoms with Crippen LogP contribution in [0.5, 0.6) is 17.2 Å². The first kappa shape index (κ1) is 22.2. The zero-order chi connectivity index (χ0) is 21.8. The second kappa shape index (κ2) is 8.50. The van der Waals surface area contributed by atoms with Crippen LogP contribution in [0.2, 0.25) is 0 Å². The number of carbonyl (C=O) groups is 1. The molecular weight excluding hydrogens is 408 g/mol. The van der Waals surface area contributed by atoms with Crippen LogP contribution < -0.4 is 19.5 Å². The van der Waals surface area contributed by atoms with Gasteiger partial charge in [0.05, 0.1) is 14.2 Å². The summed E-state index contributed by atoms with van der Waals surface area (Å²) in [7, 11) is 2.80. The number of carbonyl (C=O) groups excluding carboxylic acids is 1. The molecule has 2 aromatic rings. The summed E-state index contributed by atoms with van der Waals surface area (Å²) in [5, 5.41) is 2.45. The zero-order valence-electron chi connectivity index (χ0n) is 15.0. The highest BCUT2D eigenvalue weighted by molar-refractivity contribution is 6.04. The molecule has 2 aromatic carbocycles. The van der Waals surface area contributed by atoms with E-state index in [9.17, 15) is 31.1 Å². The number of ether oxygens (including phenoxy) is 3. The number of nitrogens with one attached hydrogen (secondary N) is 1. The van der Waals surface area contributed by atoms with E-state index < -0.39 is 30.1 Å². The van der Waals surface area contributed by atoms with Gasteiger partial charge < -0.3 is 19.5 Å². The molecule has 0 saturated carbocycles. The van der Waals surface area contributed by atoms with Crippen LogP contribution >= 0.6 is 0 Å². The molecule has 0 fully saturated rings. The minimum atomic E-state index is -5.78. The molecule has 0 bridgehead atoms. The molecule has 1 amide bonds. The predicted molar refractivity (Wildman–Crippen MR) is 90.5 cm³/mol.